The molecule has 1 aliphatic rings. The second-order valence-corrected chi connectivity index (χ2v) is 7.68. The highest BCUT2D eigenvalue weighted by molar-refractivity contribution is 7.98. The Balaban J connectivity index is 2.18. The summed E-state index contributed by atoms with van der Waals surface area (Å²) in [6.07, 6.45) is 5.05. The molecular weight excluding hydrogens is 270 g/mol. The molecule has 0 amide bonds. The van der Waals surface area contributed by atoms with E-state index in [2.05, 4.69) is 55.3 Å². The number of thioether (sulfide) groups is 1. The number of thiophene rings is 1. The Morgan fingerprint density at radius 1 is 1.26 bits per heavy atom. The first-order chi connectivity index (χ1) is 9.30. The molecule has 0 radical (unpaired) electrons. The van der Waals surface area contributed by atoms with Gasteiger partial charge in [0.15, 0.2) is 0 Å². The van der Waals surface area contributed by atoms with Gasteiger partial charge >= 0.3 is 0 Å². The Morgan fingerprint density at radius 3 is 2.68 bits per heavy atom. The second kappa shape index (κ2) is 7.70. The van der Waals surface area contributed by atoms with Gasteiger partial charge in [-0.05, 0) is 42.7 Å². The third kappa shape index (κ3) is 3.77. The standard InChI is InChI=1S/C16H27NS2/c1-4-8-17-16(12(5-2)6-3)15-10-13-11-18-9-7-14(13)19-15/h10,12,16-17H,4-9,11H2,1-3H3. The lowest BCUT2D eigenvalue weighted by atomic mass is 9.92. The van der Waals surface area contributed by atoms with Crippen molar-refractivity contribution in [3.05, 3.63) is 21.4 Å². The molecule has 0 saturated heterocycles. The van der Waals surface area contributed by atoms with E-state index in [1.54, 1.807) is 15.3 Å². The maximum atomic E-state index is 3.80. The Morgan fingerprint density at radius 2 is 2.05 bits per heavy atom. The van der Waals surface area contributed by atoms with Gasteiger partial charge in [0.2, 0.25) is 0 Å². The molecule has 1 unspecified atom stereocenters. The number of hydrogen-bond donors (Lipinski definition) is 1. The van der Waals surface area contributed by atoms with Crippen LogP contribution in [0.3, 0.4) is 0 Å². The van der Waals surface area contributed by atoms with Crippen LogP contribution in [-0.4, -0.2) is 12.3 Å². The van der Waals surface area contributed by atoms with E-state index in [0.717, 1.165) is 12.5 Å². The third-order valence-electron chi connectivity index (χ3n) is 4.09. The Kier molecular flexibility index (Phi) is 6.24. The van der Waals surface area contributed by atoms with Crippen molar-refractivity contribution < 1.29 is 0 Å². The van der Waals surface area contributed by atoms with Gasteiger partial charge in [0.1, 0.15) is 0 Å². The lowest BCUT2D eigenvalue weighted by molar-refractivity contribution is 0.346. The molecule has 1 N–H and O–H groups in total. The Bertz CT molecular complexity index is 359. The van der Waals surface area contributed by atoms with E-state index in [1.807, 2.05) is 0 Å². The molecule has 0 aliphatic carbocycles. The van der Waals surface area contributed by atoms with Gasteiger partial charge < -0.3 is 5.32 Å². The summed E-state index contributed by atoms with van der Waals surface area (Å²) in [5.74, 6) is 3.32. The van der Waals surface area contributed by atoms with E-state index in [9.17, 15) is 0 Å². The summed E-state index contributed by atoms with van der Waals surface area (Å²) in [6, 6.07) is 3.08. The summed E-state index contributed by atoms with van der Waals surface area (Å²) in [5, 5.41) is 3.80. The average molecular weight is 298 g/mol. The van der Waals surface area contributed by atoms with Crippen LogP contribution in [-0.2, 0) is 12.2 Å². The number of hydrogen-bond acceptors (Lipinski definition) is 3. The van der Waals surface area contributed by atoms with Crippen molar-refractivity contribution >= 4 is 23.1 Å². The number of aryl methyl sites for hydroxylation is 1. The predicted molar refractivity (Wildman–Crippen MR) is 89.3 cm³/mol. The topological polar surface area (TPSA) is 12.0 Å². The molecular formula is C16H27NS2. The molecule has 0 aromatic carbocycles. The van der Waals surface area contributed by atoms with E-state index in [0.29, 0.717) is 6.04 Å². The first kappa shape index (κ1) is 15.4. The van der Waals surface area contributed by atoms with Gasteiger partial charge in [0, 0.05) is 21.5 Å². The lowest BCUT2D eigenvalue weighted by Gasteiger charge is -2.25. The monoisotopic (exact) mass is 297 g/mol. The van der Waals surface area contributed by atoms with Crippen molar-refractivity contribution in [1.29, 1.82) is 0 Å². The van der Waals surface area contributed by atoms with E-state index in [-0.39, 0.29) is 0 Å². The lowest BCUT2D eigenvalue weighted by Crippen LogP contribution is -2.27. The van der Waals surface area contributed by atoms with Gasteiger partial charge in [-0.1, -0.05) is 33.6 Å². The van der Waals surface area contributed by atoms with Crippen molar-refractivity contribution in [1.82, 2.24) is 5.32 Å². The van der Waals surface area contributed by atoms with Gasteiger partial charge in [-0.3, -0.25) is 0 Å². The summed E-state index contributed by atoms with van der Waals surface area (Å²) in [4.78, 5) is 3.25. The van der Waals surface area contributed by atoms with Crippen molar-refractivity contribution in [2.24, 2.45) is 5.92 Å². The minimum Gasteiger partial charge on any atom is -0.309 e. The van der Waals surface area contributed by atoms with Crippen molar-refractivity contribution in [2.75, 3.05) is 12.3 Å². The van der Waals surface area contributed by atoms with Gasteiger partial charge in [0.25, 0.3) is 0 Å². The fourth-order valence-electron chi connectivity index (χ4n) is 2.88. The largest absolute Gasteiger partial charge is 0.309 e. The molecule has 2 heterocycles. The molecule has 2 rings (SSSR count). The quantitative estimate of drug-likeness (QED) is 0.759. The molecule has 19 heavy (non-hydrogen) atoms. The van der Waals surface area contributed by atoms with Gasteiger partial charge in [-0.15, -0.1) is 11.3 Å². The van der Waals surface area contributed by atoms with Crippen LogP contribution in [0.4, 0.5) is 0 Å². The zero-order valence-corrected chi connectivity index (χ0v) is 14.1. The fraction of sp³-hybridized carbons (Fsp3) is 0.750. The van der Waals surface area contributed by atoms with Crippen LogP contribution in [0.2, 0.25) is 0 Å². The molecule has 0 fully saturated rings. The summed E-state index contributed by atoms with van der Waals surface area (Å²) >= 11 is 4.16. The van der Waals surface area contributed by atoms with Crippen molar-refractivity contribution in [2.45, 2.75) is 58.2 Å². The van der Waals surface area contributed by atoms with Crippen molar-refractivity contribution in [3.8, 4) is 0 Å². The van der Waals surface area contributed by atoms with Crippen LogP contribution in [0.15, 0.2) is 6.07 Å². The summed E-state index contributed by atoms with van der Waals surface area (Å²) in [5.41, 5.74) is 1.62. The number of fused-ring (bicyclic) bond motifs is 1. The summed E-state index contributed by atoms with van der Waals surface area (Å²) in [6.45, 7) is 8.06. The van der Waals surface area contributed by atoms with Gasteiger partial charge in [0.05, 0.1) is 0 Å². The SMILES string of the molecule is CCCNC(c1cc2c(s1)CCSC2)C(CC)CC. The minimum atomic E-state index is 0.579. The Hall–Kier alpha value is 0.01000. The van der Waals surface area contributed by atoms with Crippen LogP contribution in [0.1, 0.15) is 61.4 Å². The minimum absolute atomic E-state index is 0.579. The van der Waals surface area contributed by atoms with Crippen LogP contribution in [0.5, 0.6) is 0 Å². The van der Waals surface area contributed by atoms with Crippen molar-refractivity contribution in [3.63, 3.8) is 0 Å². The molecule has 108 valence electrons. The number of rotatable bonds is 7. The molecule has 0 bridgehead atoms. The zero-order valence-electron chi connectivity index (χ0n) is 12.5. The molecule has 0 saturated carbocycles. The smallest absolute Gasteiger partial charge is 0.0443 e. The van der Waals surface area contributed by atoms with Gasteiger partial charge in [-0.2, -0.15) is 11.8 Å². The predicted octanol–water partition coefficient (Wildman–Crippen LogP) is 5.01. The maximum absolute atomic E-state index is 3.80. The summed E-state index contributed by atoms with van der Waals surface area (Å²) < 4.78 is 0. The average Bonchev–Trinajstić information content (AvgIpc) is 2.87. The second-order valence-electron chi connectivity index (χ2n) is 5.41. The molecule has 1 nitrogen and oxygen atoms in total. The number of nitrogens with one attached hydrogen (secondary N) is 1. The first-order valence-corrected chi connectivity index (χ1v) is 9.69. The third-order valence-corrected chi connectivity index (χ3v) is 6.42. The molecule has 3 heteroatoms. The molecule has 1 aromatic heterocycles. The van der Waals surface area contributed by atoms with Crippen LogP contribution >= 0.6 is 23.1 Å². The molecule has 1 aliphatic heterocycles. The van der Waals surface area contributed by atoms with Crippen LogP contribution in [0, 0.1) is 5.92 Å². The normalized spacial score (nSPS) is 16.6. The fourth-order valence-corrected chi connectivity index (χ4v) is 5.43. The van der Waals surface area contributed by atoms with Crippen LogP contribution in [0.25, 0.3) is 0 Å². The highest BCUT2D eigenvalue weighted by atomic mass is 32.2. The zero-order chi connectivity index (χ0) is 13.7. The van der Waals surface area contributed by atoms with Gasteiger partial charge in [-0.25, -0.2) is 0 Å². The highest BCUT2D eigenvalue weighted by Gasteiger charge is 2.24. The Labute approximate surface area is 126 Å². The van der Waals surface area contributed by atoms with E-state index >= 15 is 0 Å². The highest BCUT2D eigenvalue weighted by Crippen LogP contribution is 2.38. The van der Waals surface area contributed by atoms with Crippen LogP contribution < -0.4 is 5.32 Å². The maximum Gasteiger partial charge on any atom is 0.0443 e. The molecule has 1 aromatic rings. The molecule has 1 atom stereocenters. The van der Waals surface area contributed by atoms with E-state index < -0.39 is 0 Å². The van der Waals surface area contributed by atoms with E-state index in [4.69, 9.17) is 0 Å². The first-order valence-electron chi connectivity index (χ1n) is 7.72. The van der Waals surface area contributed by atoms with E-state index in [1.165, 1.54) is 37.2 Å². The molecule has 0 spiro atoms. The summed E-state index contributed by atoms with van der Waals surface area (Å²) in [7, 11) is 0.